The summed E-state index contributed by atoms with van der Waals surface area (Å²) in [6.45, 7) is 1.93. The summed E-state index contributed by atoms with van der Waals surface area (Å²) < 4.78 is 19.3. The second-order valence-corrected chi connectivity index (χ2v) is 13.0. The second-order valence-electron chi connectivity index (χ2n) is 11.2. The number of benzene rings is 2. The number of carbonyl (C=O) groups is 3. The third-order valence-electron chi connectivity index (χ3n) is 8.17. The molecule has 2 amide bonds. The maximum Gasteiger partial charge on any atom is 0.319 e. The fourth-order valence-corrected chi connectivity index (χ4v) is 7.37. The third-order valence-corrected chi connectivity index (χ3v) is 10.1. The molecular weight excluding hydrogens is 668 g/mol. The molecule has 3 N–H and O–H groups in total. The minimum atomic E-state index is -0.441. The Balaban J connectivity index is 1.17. The number of nitrogens with one attached hydrogen (secondary N) is 3. The van der Waals surface area contributed by atoms with Gasteiger partial charge in [-0.3, -0.25) is 29.3 Å². The molecule has 47 heavy (non-hydrogen) atoms. The molecule has 11 nitrogen and oxygen atoms in total. The number of esters is 1. The monoisotopic (exact) mass is 699 g/mol. The van der Waals surface area contributed by atoms with E-state index in [0.29, 0.717) is 60.1 Å². The van der Waals surface area contributed by atoms with Crippen molar-refractivity contribution in [3.05, 3.63) is 79.5 Å². The zero-order chi connectivity index (χ0) is 33.1. The van der Waals surface area contributed by atoms with Crippen molar-refractivity contribution in [2.45, 2.75) is 38.4 Å². The van der Waals surface area contributed by atoms with E-state index in [2.05, 4.69) is 26.0 Å². The number of ether oxygens (including phenoxy) is 1. The van der Waals surface area contributed by atoms with Gasteiger partial charge in [-0.2, -0.15) is 5.10 Å². The Morgan fingerprint density at radius 2 is 1.74 bits per heavy atom. The number of hydrogen-bond acceptors (Lipinski definition) is 9. The van der Waals surface area contributed by atoms with Crippen LogP contribution in [0.5, 0.6) is 0 Å². The Morgan fingerprint density at radius 1 is 1.04 bits per heavy atom. The molecular formula is C32H32Cl2FN7O4S. The van der Waals surface area contributed by atoms with Crippen molar-refractivity contribution in [3.8, 4) is 11.1 Å². The van der Waals surface area contributed by atoms with Crippen molar-refractivity contribution in [2.75, 3.05) is 44.1 Å². The number of hydrogen-bond donors (Lipinski definition) is 3. The lowest BCUT2D eigenvalue weighted by Crippen LogP contribution is -2.32. The second kappa shape index (κ2) is 14.5. The van der Waals surface area contributed by atoms with Crippen LogP contribution in [0.3, 0.4) is 0 Å². The van der Waals surface area contributed by atoms with Gasteiger partial charge in [-0.1, -0.05) is 47.5 Å². The number of nitrogens with zero attached hydrogens (tertiary/aromatic N) is 4. The fourth-order valence-electron chi connectivity index (χ4n) is 5.77. The van der Waals surface area contributed by atoms with Crippen LogP contribution in [0.2, 0.25) is 10.0 Å². The van der Waals surface area contributed by atoms with Crippen molar-refractivity contribution >= 4 is 63.7 Å². The number of rotatable bonds is 10. The lowest BCUT2D eigenvalue weighted by Gasteiger charge is -2.24. The SMILES string of the molecule is COC(=O)CNC1CCCn2nc(C(=O)Nc3cccc(-c4cccc(NC(=O)c5nc6c(s5)CN(CCF)CC6)c4Cl)c3Cl)cc21. The molecule has 0 aliphatic carbocycles. The molecule has 6 rings (SSSR count). The van der Waals surface area contributed by atoms with Gasteiger partial charge in [-0.05, 0) is 31.0 Å². The molecule has 0 fully saturated rings. The molecule has 0 radical (unpaired) electrons. The highest BCUT2D eigenvalue weighted by Crippen LogP contribution is 2.40. The zero-order valence-corrected chi connectivity index (χ0v) is 27.8. The van der Waals surface area contributed by atoms with Gasteiger partial charge in [-0.15, -0.1) is 11.3 Å². The van der Waals surface area contributed by atoms with Gasteiger partial charge < -0.3 is 15.4 Å². The number of methoxy groups -OCH3 is 1. The lowest BCUT2D eigenvalue weighted by molar-refractivity contribution is -0.139. The maximum absolute atomic E-state index is 13.3. The average molecular weight is 701 g/mol. The standard InChI is InChI=1S/C32H32Cl2FN7O4S/c1-46-27(43)16-36-20-9-4-12-42-25(20)15-24(40-42)30(44)37-22-7-2-5-18(28(22)33)19-6-3-8-23(29(19)34)38-31(45)32-39-21-10-13-41(14-11-35)17-26(21)47-32/h2-3,5-8,15,20,36H,4,9-14,16-17H2,1H3,(H,37,44)(H,38,45). The predicted molar refractivity (Wildman–Crippen MR) is 179 cm³/mol. The van der Waals surface area contributed by atoms with E-state index in [4.69, 9.17) is 27.9 Å². The van der Waals surface area contributed by atoms with Gasteiger partial charge in [0.15, 0.2) is 10.7 Å². The number of anilines is 2. The van der Waals surface area contributed by atoms with E-state index in [1.807, 2.05) is 4.90 Å². The molecule has 2 aliphatic rings. The normalized spacial score (nSPS) is 15.9. The maximum atomic E-state index is 13.3. The summed E-state index contributed by atoms with van der Waals surface area (Å²) in [6.07, 6.45) is 2.30. The van der Waals surface area contributed by atoms with Crippen LogP contribution in [0.4, 0.5) is 15.8 Å². The molecule has 0 saturated carbocycles. The van der Waals surface area contributed by atoms with Gasteiger partial charge in [0.1, 0.15) is 6.67 Å². The summed E-state index contributed by atoms with van der Waals surface area (Å²) in [5, 5.41) is 14.2. The largest absolute Gasteiger partial charge is 0.468 e. The van der Waals surface area contributed by atoms with E-state index >= 15 is 0 Å². The van der Waals surface area contributed by atoms with Crippen molar-refractivity contribution in [3.63, 3.8) is 0 Å². The van der Waals surface area contributed by atoms with Crippen molar-refractivity contribution in [1.82, 2.24) is 25.0 Å². The van der Waals surface area contributed by atoms with Crippen LogP contribution >= 0.6 is 34.5 Å². The van der Waals surface area contributed by atoms with Crippen LogP contribution in [0.25, 0.3) is 11.1 Å². The number of halogens is 3. The summed E-state index contributed by atoms with van der Waals surface area (Å²) in [6, 6.07) is 12.0. The first-order valence-electron chi connectivity index (χ1n) is 15.1. The average Bonchev–Trinajstić information content (AvgIpc) is 3.71. The molecule has 15 heteroatoms. The van der Waals surface area contributed by atoms with E-state index in [1.54, 1.807) is 47.1 Å². The first kappa shape index (κ1) is 33.0. The Labute approximate surface area is 284 Å². The van der Waals surface area contributed by atoms with E-state index in [-0.39, 0.29) is 34.3 Å². The number of carbonyl (C=O) groups excluding carboxylic acids is 3. The number of thiazole rings is 1. The van der Waals surface area contributed by atoms with Crippen molar-refractivity contribution in [1.29, 1.82) is 0 Å². The van der Waals surface area contributed by atoms with Crippen LogP contribution in [0.15, 0.2) is 42.5 Å². The predicted octanol–water partition coefficient (Wildman–Crippen LogP) is 5.74. The van der Waals surface area contributed by atoms with Crippen LogP contribution < -0.4 is 16.0 Å². The molecule has 0 bridgehead atoms. The minimum absolute atomic E-state index is 0.0536. The number of aromatic nitrogens is 3. The van der Waals surface area contributed by atoms with E-state index in [0.717, 1.165) is 29.1 Å². The Hall–Kier alpha value is -3.88. The van der Waals surface area contributed by atoms with Crippen LogP contribution in [-0.4, -0.2) is 70.9 Å². The van der Waals surface area contributed by atoms with E-state index < -0.39 is 18.5 Å². The lowest BCUT2D eigenvalue weighted by atomic mass is 10.0. The third kappa shape index (κ3) is 7.19. The number of amides is 2. The van der Waals surface area contributed by atoms with E-state index in [1.165, 1.54) is 18.4 Å². The fraction of sp³-hybridized carbons (Fsp3) is 0.344. The van der Waals surface area contributed by atoms with Gasteiger partial charge >= 0.3 is 5.97 Å². The highest BCUT2D eigenvalue weighted by molar-refractivity contribution is 7.13. The molecule has 1 atom stereocenters. The van der Waals surface area contributed by atoms with Crippen LogP contribution in [0, 0.1) is 0 Å². The molecule has 1 unspecified atom stereocenters. The van der Waals surface area contributed by atoms with Crippen molar-refractivity contribution < 1.29 is 23.5 Å². The smallest absolute Gasteiger partial charge is 0.319 e. The summed E-state index contributed by atoms with van der Waals surface area (Å²) in [4.78, 5) is 45.6. The van der Waals surface area contributed by atoms with Gasteiger partial charge in [0.2, 0.25) is 0 Å². The Morgan fingerprint density at radius 3 is 2.43 bits per heavy atom. The minimum Gasteiger partial charge on any atom is -0.468 e. The van der Waals surface area contributed by atoms with Gasteiger partial charge in [-0.25, -0.2) is 9.37 Å². The highest BCUT2D eigenvalue weighted by atomic mass is 35.5. The Kier molecular flexibility index (Phi) is 10.2. The number of aryl methyl sites for hydroxylation is 1. The quantitative estimate of drug-likeness (QED) is 0.179. The molecule has 246 valence electrons. The topological polar surface area (TPSA) is 130 Å². The molecule has 2 aliphatic heterocycles. The summed E-state index contributed by atoms with van der Waals surface area (Å²) in [7, 11) is 1.34. The zero-order valence-electron chi connectivity index (χ0n) is 25.4. The molecule has 2 aromatic carbocycles. The summed E-state index contributed by atoms with van der Waals surface area (Å²) >= 11 is 14.9. The molecule has 4 aromatic rings. The first-order valence-corrected chi connectivity index (χ1v) is 16.7. The van der Waals surface area contributed by atoms with Crippen LogP contribution in [-0.2, 0) is 29.0 Å². The van der Waals surface area contributed by atoms with E-state index in [9.17, 15) is 18.8 Å². The summed E-state index contributed by atoms with van der Waals surface area (Å²) in [5.74, 6) is -1.20. The molecule has 0 spiro atoms. The van der Waals surface area contributed by atoms with Gasteiger partial charge in [0, 0.05) is 54.6 Å². The number of fused-ring (bicyclic) bond motifs is 2. The van der Waals surface area contributed by atoms with Gasteiger partial charge in [0.25, 0.3) is 11.8 Å². The summed E-state index contributed by atoms with van der Waals surface area (Å²) in [5.41, 5.74) is 3.75. The van der Waals surface area contributed by atoms with Crippen molar-refractivity contribution in [2.24, 2.45) is 0 Å². The first-order chi connectivity index (χ1) is 22.7. The van der Waals surface area contributed by atoms with Gasteiger partial charge in [0.05, 0.1) is 46.5 Å². The Bertz CT molecular complexity index is 1830. The molecule has 0 saturated heterocycles. The highest BCUT2D eigenvalue weighted by Gasteiger charge is 2.26. The van der Waals surface area contributed by atoms with Crippen LogP contribution in [0.1, 0.15) is 55.4 Å². The molecule has 4 heterocycles. The number of alkyl halides is 1. The molecule has 2 aromatic heterocycles.